The number of hydrogen-bond donors (Lipinski definition) is 6. The monoisotopic (exact) mass is 411 g/mol. The van der Waals surface area contributed by atoms with E-state index < -0.39 is 42.0 Å². The van der Waals surface area contributed by atoms with Crippen LogP contribution in [0.15, 0.2) is 24.3 Å². The van der Waals surface area contributed by atoms with E-state index in [4.69, 9.17) is 0 Å². The van der Waals surface area contributed by atoms with E-state index in [9.17, 15) is 29.7 Å². The van der Waals surface area contributed by atoms with Gasteiger partial charge < -0.3 is 42.2 Å². The van der Waals surface area contributed by atoms with Crippen LogP contribution in [0, 0.1) is 0 Å². The van der Waals surface area contributed by atoms with Crippen LogP contribution in [-0.4, -0.2) is 58.8 Å². The molecule has 1 aromatic rings. The molecule has 0 radical (unpaired) electrons. The van der Waals surface area contributed by atoms with Crippen LogP contribution in [0.4, 0.5) is 0 Å². The molecule has 0 unspecified atom stereocenters. The van der Waals surface area contributed by atoms with Crippen molar-refractivity contribution in [1.29, 1.82) is 0 Å². The van der Waals surface area contributed by atoms with Crippen molar-refractivity contribution in [2.45, 2.75) is 56.8 Å². The number of carboxylic acids is 1. The van der Waals surface area contributed by atoms with Gasteiger partial charge in [-0.25, -0.2) is 0 Å². The predicted octanol–water partition coefficient (Wildman–Crippen LogP) is -3.94. The third-order valence-electron chi connectivity index (χ3n) is 4.47. The summed E-state index contributed by atoms with van der Waals surface area (Å²) in [6.45, 7) is 1.97. The second kappa shape index (κ2) is 12.0. The first kappa shape index (κ1) is 24.3. The van der Waals surface area contributed by atoms with E-state index in [0.29, 0.717) is 12.0 Å². The number of aliphatic hydroxyl groups is 1. The lowest BCUT2D eigenvalue weighted by Gasteiger charge is -2.26. The first-order chi connectivity index (χ1) is 13.6. The molecule has 0 aromatic heterocycles. The fraction of sp³-hybridized carbons (Fsp3) is 0.526. The number of aromatic hydroxyl groups is 1. The Labute approximate surface area is 169 Å². The number of aliphatic carboxylic acids is 1. The molecule has 0 aliphatic rings. The number of benzene rings is 1. The largest absolute Gasteiger partial charge is 0.548 e. The van der Waals surface area contributed by atoms with Crippen LogP contribution in [0.2, 0.25) is 0 Å². The van der Waals surface area contributed by atoms with Crippen LogP contribution >= 0.6 is 0 Å². The molecule has 29 heavy (non-hydrogen) atoms. The van der Waals surface area contributed by atoms with E-state index in [1.54, 1.807) is 12.1 Å². The van der Waals surface area contributed by atoms with Crippen LogP contribution in [0.1, 0.15) is 31.7 Å². The topological polar surface area (TPSA) is 194 Å². The Bertz CT molecular complexity index is 680. The highest BCUT2D eigenvalue weighted by molar-refractivity contribution is 5.91. The van der Waals surface area contributed by atoms with Gasteiger partial charge >= 0.3 is 0 Å². The van der Waals surface area contributed by atoms with Gasteiger partial charge in [-0.15, -0.1) is 0 Å². The van der Waals surface area contributed by atoms with Crippen molar-refractivity contribution in [3.05, 3.63) is 29.8 Å². The maximum atomic E-state index is 12.6. The highest BCUT2D eigenvalue weighted by Crippen LogP contribution is 2.12. The second-order valence-electron chi connectivity index (χ2n) is 7.02. The molecule has 1 rings (SSSR count). The summed E-state index contributed by atoms with van der Waals surface area (Å²) in [6, 6.07) is 2.76. The molecule has 1 aromatic carbocycles. The molecule has 162 valence electrons. The molecule has 0 fully saturated rings. The summed E-state index contributed by atoms with van der Waals surface area (Å²) < 4.78 is 0. The third-order valence-corrected chi connectivity index (χ3v) is 4.47. The minimum absolute atomic E-state index is 0.0492. The minimum Gasteiger partial charge on any atom is -0.548 e. The Balaban J connectivity index is 2.92. The number of phenols is 1. The van der Waals surface area contributed by atoms with Gasteiger partial charge in [0.2, 0.25) is 5.91 Å². The standard InChI is InChI=1S/C19H30N4O6/c1-11(24)16(19(28)29)23-18(27)15(10-12-5-7-13(25)8-6-12)22-17(26)14(21)4-2-3-9-20/h5-8,11,14-16,24-25H,2-4,9-10,20-21H2,1H3,(H,22,26)(H,23,27)(H,28,29)/p+1/t11-,14+,15+,16+/m1/s1. The highest BCUT2D eigenvalue weighted by Gasteiger charge is 2.28. The van der Waals surface area contributed by atoms with Crippen LogP contribution in [0.5, 0.6) is 5.75 Å². The Morgan fingerprint density at radius 3 is 2.24 bits per heavy atom. The van der Waals surface area contributed by atoms with E-state index in [1.807, 2.05) is 0 Å². The smallest absolute Gasteiger partial charge is 0.278 e. The normalized spacial score (nSPS) is 15.0. The number of unbranched alkanes of at least 4 members (excludes halogenated alkanes) is 1. The Morgan fingerprint density at radius 2 is 1.72 bits per heavy atom. The molecule has 10 N–H and O–H groups in total. The SMILES string of the molecule is C[C@@H](O)[C@H](NC(=O)[C@H](Cc1ccc(O)cc1)NC(=O)[C@@H]([NH3+])CCCC[NH3+])C(=O)[O-]. The van der Waals surface area contributed by atoms with E-state index in [2.05, 4.69) is 22.1 Å². The van der Waals surface area contributed by atoms with E-state index >= 15 is 0 Å². The van der Waals surface area contributed by atoms with Crippen LogP contribution in [0.25, 0.3) is 0 Å². The van der Waals surface area contributed by atoms with Crippen molar-refractivity contribution in [1.82, 2.24) is 10.6 Å². The molecule has 0 saturated carbocycles. The van der Waals surface area contributed by atoms with E-state index in [-0.39, 0.29) is 12.2 Å². The molecule has 4 atom stereocenters. The zero-order valence-corrected chi connectivity index (χ0v) is 16.6. The van der Waals surface area contributed by atoms with Crippen LogP contribution < -0.4 is 27.2 Å². The fourth-order valence-electron chi connectivity index (χ4n) is 2.70. The van der Waals surface area contributed by atoms with Crippen molar-refractivity contribution in [3.63, 3.8) is 0 Å². The van der Waals surface area contributed by atoms with Gasteiger partial charge in [-0.05, 0) is 37.5 Å². The molecule has 0 spiro atoms. The number of hydrogen-bond acceptors (Lipinski definition) is 6. The Kier molecular flexibility index (Phi) is 10.1. The summed E-state index contributed by atoms with van der Waals surface area (Å²) in [4.78, 5) is 36.3. The molecular weight excluding hydrogens is 380 g/mol. The summed E-state index contributed by atoms with van der Waals surface area (Å²) in [5, 5.41) is 34.9. The number of amides is 2. The first-order valence-corrected chi connectivity index (χ1v) is 9.55. The number of nitrogens with one attached hydrogen (secondary N) is 2. The van der Waals surface area contributed by atoms with Gasteiger partial charge in [0.05, 0.1) is 24.7 Å². The molecule has 0 saturated heterocycles. The van der Waals surface area contributed by atoms with Gasteiger partial charge in [-0.1, -0.05) is 12.1 Å². The van der Waals surface area contributed by atoms with Crippen molar-refractivity contribution in [2.75, 3.05) is 6.54 Å². The average molecular weight is 411 g/mol. The van der Waals surface area contributed by atoms with Crippen molar-refractivity contribution in [3.8, 4) is 5.75 Å². The molecule has 10 nitrogen and oxygen atoms in total. The summed E-state index contributed by atoms with van der Waals surface area (Å²) >= 11 is 0. The van der Waals surface area contributed by atoms with Gasteiger partial charge in [0.1, 0.15) is 11.8 Å². The lowest BCUT2D eigenvalue weighted by atomic mass is 10.0. The fourth-order valence-corrected chi connectivity index (χ4v) is 2.70. The number of carbonyl (C=O) groups excluding carboxylic acids is 3. The van der Waals surface area contributed by atoms with Gasteiger partial charge in [0.25, 0.3) is 5.91 Å². The number of aliphatic hydroxyl groups excluding tert-OH is 1. The second-order valence-corrected chi connectivity index (χ2v) is 7.02. The van der Waals surface area contributed by atoms with Crippen LogP contribution in [0.3, 0.4) is 0 Å². The summed E-state index contributed by atoms with van der Waals surface area (Å²) in [7, 11) is 0. The molecule has 0 aliphatic heterocycles. The molecule has 0 bridgehead atoms. The predicted molar refractivity (Wildman–Crippen MR) is 101 cm³/mol. The van der Waals surface area contributed by atoms with Gasteiger partial charge in [0, 0.05) is 12.8 Å². The van der Waals surface area contributed by atoms with Crippen molar-refractivity contribution >= 4 is 17.8 Å². The number of rotatable bonds is 12. The maximum Gasteiger partial charge on any atom is 0.278 e. The zero-order valence-electron chi connectivity index (χ0n) is 16.6. The summed E-state index contributed by atoms with van der Waals surface area (Å²) in [5.41, 5.74) is 8.20. The maximum absolute atomic E-state index is 12.6. The highest BCUT2D eigenvalue weighted by atomic mass is 16.4. The lowest BCUT2D eigenvalue weighted by Crippen LogP contribution is -2.69. The molecule has 10 heteroatoms. The first-order valence-electron chi connectivity index (χ1n) is 9.55. The Hall–Kier alpha value is -2.69. The molecule has 2 amide bonds. The van der Waals surface area contributed by atoms with Gasteiger partial charge in [0.15, 0.2) is 6.04 Å². The number of phenolic OH excluding ortho intramolecular Hbond substituents is 1. The summed E-state index contributed by atoms with van der Waals surface area (Å²) in [5.74, 6) is -2.79. The Morgan fingerprint density at radius 1 is 1.10 bits per heavy atom. The third kappa shape index (κ3) is 8.46. The van der Waals surface area contributed by atoms with E-state index in [1.165, 1.54) is 19.1 Å². The molecular formula is C19H31N4O6+. The van der Waals surface area contributed by atoms with Crippen molar-refractivity contribution in [2.24, 2.45) is 0 Å². The van der Waals surface area contributed by atoms with Gasteiger partial charge in [-0.3, -0.25) is 9.59 Å². The number of carbonyl (C=O) groups is 3. The summed E-state index contributed by atoms with van der Waals surface area (Å²) in [6.07, 6.45) is 0.845. The zero-order chi connectivity index (χ0) is 22.0. The van der Waals surface area contributed by atoms with E-state index in [0.717, 1.165) is 19.4 Å². The quantitative estimate of drug-likeness (QED) is 0.190. The van der Waals surface area contributed by atoms with Gasteiger partial charge in [-0.2, -0.15) is 0 Å². The molecule has 0 heterocycles. The van der Waals surface area contributed by atoms with Crippen LogP contribution in [-0.2, 0) is 20.8 Å². The number of quaternary nitrogens is 2. The molecule has 0 aliphatic carbocycles. The lowest BCUT2D eigenvalue weighted by molar-refractivity contribution is -0.406. The number of carboxylic acid groups (broad SMARTS) is 1. The van der Waals surface area contributed by atoms with Crippen molar-refractivity contribution < 1.29 is 41.2 Å². The average Bonchev–Trinajstić information content (AvgIpc) is 2.66. The minimum atomic E-state index is -1.63.